The van der Waals surface area contributed by atoms with E-state index < -0.39 is 37.0 Å². The zero-order chi connectivity index (χ0) is 10.7. The Morgan fingerprint density at radius 1 is 1.00 bits per heavy atom. The number of hydrogen-bond donors (Lipinski definition) is 1. The largest absolute Gasteiger partial charge is 0.396 e. The molecule has 0 saturated heterocycles. The smallest absolute Gasteiger partial charge is 0.137 e. The fraction of sp³-hybridized carbons (Fsp3) is 1.00. The lowest BCUT2D eigenvalue weighted by atomic mass is 9.81. The minimum atomic E-state index is -1.94. The molecule has 1 nitrogen and oxygen atoms in total. The molecule has 1 aliphatic rings. The summed E-state index contributed by atoms with van der Waals surface area (Å²) in [5.41, 5.74) is 0. The van der Waals surface area contributed by atoms with Crippen molar-refractivity contribution >= 4 is 0 Å². The van der Waals surface area contributed by atoms with E-state index in [-0.39, 0.29) is 19.4 Å². The van der Waals surface area contributed by atoms with Crippen LogP contribution in [0.3, 0.4) is 0 Å². The van der Waals surface area contributed by atoms with E-state index in [1.165, 1.54) is 0 Å². The van der Waals surface area contributed by atoms with Gasteiger partial charge in [0.25, 0.3) is 0 Å². The molecule has 0 amide bonds. The van der Waals surface area contributed by atoms with Crippen LogP contribution < -0.4 is 0 Å². The molecule has 4 unspecified atom stereocenters. The maximum absolute atomic E-state index is 13.1. The van der Waals surface area contributed by atoms with Crippen LogP contribution in [-0.4, -0.2) is 36.4 Å². The topological polar surface area (TPSA) is 20.2 Å². The van der Waals surface area contributed by atoms with Crippen molar-refractivity contribution in [3.05, 3.63) is 0 Å². The molecule has 1 aliphatic carbocycles. The lowest BCUT2D eigenvalue weighted by Crippen LogP contribution is -2.45. The van der Waals surface area contributed by atoms with Gasteiger partial charge in [0.2, 0.25) is 0 Å². The fourth-order valence-corrected chi connectivity index (χ4v) is 1.83. The maximum Gasteiger partial charge on any atom is 0.137 e. The predicted octanol–water partition coefficient (Wildman–Crippen LogP) is 2.13. The Bertz CT molecular complexity index is 164. The predicted molar refractivity (Wildman–Crippen MR) is 44.0 cm³/mol. The summed E-state index contributed by atoms with van der Waals surface area (Å²) in [4.78, 5) is 0. The molecule has 0 aromatic carbocycles. The first-order chi connectivity index (χ1) is 6.57. The highest BCUT2D eigenvalue weighted by atomic mass is 19.2. The van der Waals surface area contributed by atoms with Crippen molar-refractivity contribution < 1.29 is 22.7 Å². The SMILES string of the molecule is OCCCC1C(F)C(F)CC(F)C1F. The van der Waals surface area contributed by atoms with Crippen molar-refractivity contribution in [2.24, 2.45) is 5.92 Å². The van der Waals surface area contributed by atoms with Gasteiger partial charge in [0, 0.05) is 18.9 Å². The van der Waals surface area contributed by atoms with Crippen LogP contribution in [0, 0.1) is 5.92 Å². The monoisotopic (exact) mass is 214 g/mol. The van der Waals surface area contributed by atoms with Crippen LogP contribution in [0.4, 0.5) is 17.6 Å². The van der Waals surface area contributed by atoms with Gasteiger partial charge in [-0.15, -0.1) is 0 Å². The molecule has 1 rings (SSSR count). The third-order valence-electron chi connectivity index (χ3n) is 2.66. The van der Waals surface area contributed by atoms with Crippen molar-refractivity contribution in [2.45, 2.75) is 43.9 Å². The Labute approximate surface area is 80.1 Å². The van der Waals surface area contributed by atoms with Gasteiger partial charge in [0.1, 0.15) is 24.7 Å². The summed E-state index contributed by atoms with van der Waals surface area (Å²) in [7, 11) is 0. The molecule has 0 aromatic heterocycles. The van der Waals surface area contributed by atoms with E-state index in [2.05, 4.69) is 0 Å². The summed E-state index contributed by atoms with van der Waals surface area (Å²) in [6.45, 7) is -0.218. The molecular weight excluding hydrogens is 200 g/mol. The van der Waals surface area contributed by atoms with E-state index in [0.717, 1.165) is 0 Å². The standard InChI is InChI=1S/C9H14F4O/c10-6-4-7(11)9(13)5(8(6)12)2-1-3-14/h5-9,14H,1-4H2. The van der Waals surface area contributed by atoms with Crippen LogP contribution in [0.1, 0.15) is 19.3 Å². The van der Waals surface area contributed by atoms with E-state index in [1.807, 2.05) is 0 Å². The average molecular weight is 214 g/mol. The van der Waals surface area contributed by atoms with Crippen LogP contribution >= 0.6 is 0 Å². The molecule has 1 N–H and O–H groups in total. The molecule has 0 aliphatic heterocycles. The normalized spacial score (nSPS) is 43.9. The molecule has 5 heteroatoms. The van der Waals surface area contributed by atoms with Crippen molar-refractivity contribution in [3.8, 4) is 0 Å². The third kappa shape index (κ3) is 2.38. The van der Waals surface area contributed by atoms with E-state index in [9.17, 15) is 17.6 Å². The summed E-state index contributed by atoms with van der Waals surface area (Å²) in [5.74, 6) is -1.25. The van der Waals surface area contributed by atoms with Gasteiger partial charge in [-0.05, 0) is 12.8 Å². The third-order valence-corrected chi connectivity index (χ3v) is 2.66. The van der Waals surface area contributed by atoms with Crippen LogP contribution in [0.15, 0.2) is 0 Å². The minimum absolute atomic E-state index is 0.0142. The first-order valence-electron chi connectivity index (χ1n) is 4.75. The summed E-state index contributed by atoms with van der Waals surface area (Å²) < 4.78 is 51.9. The minimum Gasteiger partial charge on any atom is -0.396 e. The van der Waals surface area contributed by atoms with E-state index in [1.54, 1.807) is 0 Å². The first-order valence-corrected chi connectivity index (χ1v) is 4.75. The lowest BCUT2D eigenvalue weighted by Gasteiger charge is -2.34. The van der Waals surface area contributed by atoms with Crippen LogP contribution in [0.5, 0.6) is 0 Å². The van der Waals surface area contributed by atoms with Crippen LogP contribution in [0.25, 0.3) is 0 Å². The van der Waals surface area contributed by atoms with Gasteiger partial charge in [-0.1, -0.05) is 0 Å². The van der Waals surface area contributed by atoms with Gasteiger partial charge in [0.15, 0.2) is 0 Å². The molecule has 0 aromatic rings. The van der Waals surface area contributed by atoms with Gasteiger partial charge in [-0.25, -0.2) is 17.6 Å². The molecular formula is C9H14F4O. The molecule has 1 saturated carbocycles. The number of aliphatic hydroxyl groups is 1. The van der Waals surface area contributed by atoms with E-state index >= 15 is 0 Å². The fourth-order valence-electron chi connectivity index (χ4n) is 1.83. The van der Waals surface area contributed by atoms with Crippen LogP contribution in [-0.2, 0) is 0 Å². The number of rotatable bonds is 3. The Kier molecular flexibility index (Phi) is 4.16. The Morgan fingerprint density at radius 2 is 1.50 bits per heavy atom. The summed E-state index contributed by atoms with van der Waals surface area (Å²) >= 11 is 0. The second-order valence-electron chi connectivity index (χ2n) is 3.69. The van der Waals surface area contributed by atoms with Gasteiger partial charge >= 0.3 is 0 Å². The highest BCUT2D eigenvalue weighted by molar-refractivity contribution is 4.93. The Balaban J connectivity index is 2.57. The quantitative estimate of drug-likeness (QED) is 0.713. The van der Waals surface area contributed by atoms with Crippen molar-refractivity contribution in [1.82, 2.24) is 0 Å². The van der Waals surface area contributed by atoms with Crippen molar-refractivity contribution in [2.75, 3.05) is 6.61 Å². The zero-order valence-electron chi connectivity index (χ0n) is 7.67. The van der Waals surface area contributed by atoms with E-state index in [4.69, 9.17) is 5.11 Å². The van der Waals surface area contributed by atoms with Gasteiger partial charge in [0.05, 0.1) is 0 Å². The highest BCUT2D eigenvalue weighted by Gasteiger charge is 2.45. The lowest BCUT2D eigenvalue weighted by molar-refractivity contribution is -0.0409. The second kappa shape index (κ2) is 4.96. The molecule has 0 bridgehead atoms. The molecule has 0 radical (unpaired) electrons. The summed E-state index contributed by atoms with van der Waals surface area (Å²) in [6, 6.07) is 0. The molecule has 4 atom stereocenters. The molecule has 0 heterocycles. The average Bonchev–Trinajstić information content (AvgIpc) is 2.15. The summed E-state index contributed by atoms with van der Waals surface area (Å²) in [5, 5.41) is 8.47. The van der Waals surface area contributed by atoms with Gasteiger partial charge < -0.3 is 5.11 Å². The molecule has 0 spiro atoms. The molecule has 14 heavy (non-hydrogen) atoms. The summed E-state index contributed by atoms with van der Waals surface area (Å²) in [6.07, 6.45) is -8.25. The second-order valence-corrected chi connectivity index (χ2v) is 3.69. The van der Waals surface area contributed by atoms with Gasteiger partial charge in [-0.2, -0.15) is 0 Å². The zero-order valence-corrected chi connectivity index (χ0v) is 7.67. The maximum atomic E-state index is 13.1. The number of halogens is 4. The highest BCUT2D eigenvalue weighted by Crippen LogP contribution is 2.36. The molecule has 84 valence electrons. The Morgan fingerprint density at radius 3 is 1.93 bits per heavy atom. The van der Waals surface area contributed by atoms with Crippen molar-refractivity contribution in [1.29, 1.82) is 0 Å². The van der Waals surface area contributed by atoms with E-state index in [0.29, 0.717) is 0 Å². The number of alkyl halides is 4. The number of hydrogen-bond acceptors (Lipinski definition) is 1. The number of aliphatic hydroxyl groups excluding tert-OH is 1. The Hall–Kier alpha value is -0.320. The van der Waals surface area contributed by atoms with Gasteiger partial charge in [-0.3, -0.25) is 0 Å². The van der Waals surface area contributed by atoms with Crippen LogP contribution in [0.2, 0.25) is 0 Å². The van der Waals surface area contributed by atoms with Crippen molar-refractivity contribution in [3.63, 3.8) is 0 Å². The molecule has 1 fully saturated rings. The first kappa shape index (κ1) is 11.8.